The smallest absolute Gasteiger partial charge is 0.410 e. The fraction of sp³-hybridized carbons (Fsp3) is 0.333. The van der Waals surface area contributed by atoms with Gasteiger partial charge in [0.1, 0.15) is 12.1 Å². The Balaban J connectivity index is 1.09. The molecule has 3 heterocycles. The molecular weight excluding hydrogens is 452 g/mol. The molecule has 2 unspecified atom stereocenters. The first-order chi connectivity index (χ1) is 17.5. The predicted molar refractivity (Wildman–Crippen MR) is 136 cm³/mol. The lowest BCUT2D eigenvalue weighted by molar-refractivity contribution is -0.0530. The molecule has 0 spiro atoms. The number of oxazole rings is 1. The summed E-state index contributed by atoms with van der Waals surface area (Å²) in [4.78, 5) is 19.7. The summed E-state index contributed by atoms with van der Waals surface area (Å²) in [5.41, 5.74) is 6.18. The third-order valence-electron chi connectivity index (χ3n) is 8.35. The van der Waals surface area contributed by atoms with E-state index >= 15 is 0 Å². The van der Waals surface area contributed by atoms with Gasteiger partial charge in [0.2, 0.25) is 0 Å². The number of fused-ring (bicyclic) bond motifs is 6. The van der Waals surface area contributed by atoms with E-state index < -0.39 is 5.60 Å². The van der Waals surface area contributed by atoms with Gasteiger partial charge in [0.05, 0.1) is 5.60 Å². The maximum atomic E-state index is 13.4. The highest BCUT2D eigenvalue weighted by Gasteiger charge is 2.51. The van der Waals surface area contributed by atoms with Crippen molar-refractivity contribution in [1.29, 1.82) is 0 Å². The fourth-order valence-electron chi connectivity index (χ4n) is 6.76. The van der Waals surface area contributed by atoms with E-state index in [1.165, 1.54) is 22.3 Å². The molecule has 1 amide bonds. The van der Waals surface area contributed by atoms with Gasteiger partial charge in [0, 0.05) is 37.8 Å². The van der Waals surface area contributed by atoms with Gasteiger partial charge in [-0.3, -0.25) is 0 Å². The van der Waals surface area contributed by atoms with Crippen molar-refractivity contribution in [3.63, 3.8) is 0 Å². The molecule has 3 aliphatic rings. The number of hydrogen-bond donors (Lipinski definition) is 1. The van der Waals surface area contributed by atoms with Crippen LogP contribution < -0.4 is 0 Å². The van der Waals surface area contributed by atoms with E-state index in [0.717, 1.165) is 29.5 Å². The summed E-state index contributed by atoms with van der Waals surface area (Å²) < 4.78 is 11.6. The molecule has 2 bridgehead atoms. The van der Waals surface area contributed by atoms with Crippen LogP contribution in [0.15, 0.2) is 71.1 Å². The van der Waals surface area contributed by atoms with E-state index in [1.54, 1.807) is 0 Å². The van der Waals surface area contributed by atoms with Gasteiger partial charge < -0.3 is 19.2 Å². The Morgan fingerprint density at radius 3 is 2.33 bits per heavy atom. The molecule has 2 aliphatic heterocycles. The van der Waals surface area contributed by atoms with E-state index in [0.29, 0.717) is 25.3 Å². The predicted octanol–water partition coefficient (Wildman–Crippen LogP) is 5.90. The number of aromatic nitrogens is 1. The Bertz CT molecular complexity index is 1430. The molecule has 2 atom stereocenters. The van der Waals surface area contributed by atoms with Crippen molar-refractivity contribution >= 4 is 17.2 Å². The van der Waals surface area contributed by atoms with Crippen LogP contribution in [0.1, 0.15) is 54.2 Å². The topological polar surface area (TPSA) is 75.8 Å². The Labute approximate surface area is 209 Å². The summed E-state index contributed by atoms with van der Waals surface area (Å²) in [5.74, 6) is 0.651. The number of carbonyl (C=O) groups excluding carboxylic acids is 1. The van der Waals surface area contributed by atoms with Gasteiger partial charge in [0.25, 0.3) is 0 Å². The number of rotatable bonds is 3. The third-order valence-corrected chi connectivity index (χ3v) is 8.35. The minimum atomic E-state index is -0.993. The zero-order valence-corrected chi connectivity index (χ0v) is 20.2. The molecular formula is C30H28N2O4. The summed E-state index contributed by atoms with van der Waals surface area (Å²) in [6.45, 7) is 2.14. The van der Waals surface area contributed by atoms with Crippen LogP contribution in [0.25, 0.3) is 22.2 Å². The van der Waals surface area contributed by atoms with E-state index in [4.69, 9.17) is 9.15 Å². The number of hydrogen-bond acceptors (Lipinski definition) is 5. The van der Waals surface area contributed by atoms with Crippen molar-refractivity contribution in [3.8, 4) is 11.1 Å². The molecule has 6 heteroatoms. The summed E-state index contributed by atoms with van der Waals surface area (Å²) in [6, 6.07) is 22.4. The second-order valence-corrected chi connectivity index (χ2v) is 10.5. The van der Waals surface area contributed by atoms with Gasteiger partial charge in [-0.1, -0.05) is 54.6 Å². The van der Waals surface area contributed by atoms with E-state index in [9.17, 15) is 9.90 Å². The van der Waals surface area contributed by atoms with Gasteiger partial charge in [-0.05, 0) is 52.8 Å². The lowest BCUT2D eigenvalue weighted by atomic mass is 9.80. The monoisotopic (exact) mass is 480 g/mol. The zero-order valence-electron chi connectivity index (χ0n) is 20.2. The second-order valence-electron chi connectivity index (χ2n) is 10.5. The van der Waals surface area contributed by atoms with Crippen LogP contribution in [0, 0.1) is 6.92 Å². The SMILES string of the molecule is Cc1nc2cc(C3(O)CC4CCC(C3)N4C(=O)OCC3c4ccccc4-c4ccccc43)ccc2o1. The lowest BCUT2D eigenvalue weighted by Crippen LogP contribution is -2.52. The first-order valence-electron chi connectivity index (χ1n) is 12.7. The molecule has 1 N–H and O–H groups in total. The molecule has 182 valence electrons. The van der Waals surface area contributed by atoms with Crippen LogP contribution in [0.4, 0.5) is 4.79 Å². The number of aliphatic hydroxyl groups is 1. The van der Waals surface area contributed by atoms with Gasteiger partial charge in [-0.2, -0.15) is 0 Å². The summed E-state index contributed by atoms with van der Waals surface area (Å²) >= 11 is 0. The minimum absolute atomic E-state index is 0.0402. The van der Waals surface area contributed by atoms with Gasteiger partial charge in [-0.25, -0.2) is 9.78 Å². The number of benzene rings is 3. The first kappa shape index (κ1) is 21.6. The van der Waals surface area contributed by atoms with Gasteiger partial charge in [0.15, 0.2) is 11.5 Å². The molecule has 6 nitrogen and oxygen atoms in total. The summed E-state index contributed by atoms with van der Waals surface area (Å²) in [5, 5.41) is 11.7. The standard InChI is InChI=1S/C30H28N2O4/c1-18-31-27-14-19(10-13-28(27)36-18)30(34)15-20-11-12-21(16-30)32(20)29(33)35-17-26-24-8-4-2-6-22(24)23-7-3-5-9-25(23)26/h2-10,13-14,20-21,26,34H,11-12,15-17H2,1H3. The lowest BCUT2D eigenvalue weighted by Gasteiger charge is -2.43. The normalized spacial score (nSPS) is 24.7. The Morgan fingerprint density at radius 1 is 1.03 bits per heavy atom. The van der Waals surface area contributed by atoms with Crippen molar-refractivity contribution in [1.82, 2.24) is 9.88 Å². The van der Waals surface area contributed by atoms with Crippen LogP contribution in [-0.4, -0.2) is 39.8 Å². The van der Waals surface area contributed by atoms with Crippen molar-refractivity contribution < 1.29 is 19.1 Å². The molecule has 7 rings (SSSR count). The largest absolute Gasteiger partial charge is 0.448 e. The van der Waals surface area contributed by atoms with Crippen LogP contribution in [0.3, 0.4) is 0 Å². The molecule has 0 saturated carbocycles. The van der Waals surface area contributed by atoms with Gasteiger partial charge in [-0.15, -0.1) is 0 Å². The number of carbonyl (C=O) groups is 1. The van der Waals surface area contributed by atoms with Crippen LogP contribution in [0.5, 0.6) is 0 Å². The van der Waals surface area contributed by atoms with Gasteiger partial charge >= 0.3 is 6.09 Å². The zero-order chi connectivity index (χ0) is 24.4. The number of piperidine rings is 1. The Hall–Kier alpha value is -3.64. The van der Waals surface area contributed by atoms with Crippen LogP contribution >= 0.6 is 0 Å². The van der Waals surface area contributed by atoms with Crippen molar-refractivity contribution in [2.45, 2.75) is 56.2 Å². The Morgan fingerprint density at radius 2 is 1.67 bits per heavy atom. The van der Waals surface area contributed by atoms with Crippen molar-refractivity contribution in [2.75, 3.05) is 6.61 Å². The van der Waals surface area contributed by atoms with Crippen LogP contribution in [0.2, 0.25) is 0 Å². The average Bonchev–Trinajstić information content (AvgIpc) is 3.51. The Kier molecular flexibility index (Phi) is 4.77. The quantitative estimate of drug-likeness (QED) is 0.395. The number of amides is 1. The highest BCUT2D eigenvalue weighted by molar-refractivity contribution is 5.79. The molecule has 36 heavy (non-hydrogen) atoms. The molecule has 3 aromatic carbocycles. The van der Waals surface area contributed by atoms with E-state index in [1.807, 2.05) is 42.2 Å². The van der Waals surface area contributed by atoms with Crippen molar-refractivity contribution in [2.24, 2.45) is 0 Å². The third kappa shape index (κ3) is 3.28. The molecule has 2 fully saturated rings. The van der Waals surface area contributed by atoms with Crippen molar-refractivity contribution in [3.05, 3.63) is 89.3 Å². The maximum absolute atomic E-state index is 13.4. The summed E-state index contributed by atoms with van der Waals surface area (Å²) in [7, 11) is 0. The second kappa shape index (κ2) is 7.93. The molecule has 0 radical (unpaired) electrons. The summed E-state index contributed by atoms with van der Waals surface area (Å²) in [6.07, 6.45) is 2.48. The first-order valence-corrected chi connectivity index (χ1v) is 12.7. The molecule has 1 aliphatic carbocycles. The molecule has 2 saturated heterocycles. The highest BCUT2D eigenvalue weighted by atomic mass is 16.6. The van der Waals surface area contributed by atoms with Crippen LogP contribution in [-0.2, 0) is 10.3 Å². The minimum Gasteiger partial charge on any atom is -0.448 e. The number of nitrogens with zero attached hydrogens (tertiary/aromatic N) is 2. The molecule has 4 aromatic rings. The van der Waals surface area contributed by atoms with E-state index in [-0.39, 0.29) is 24.1 Å². The molecule has 1 aromatic heterocycles. The number of ether oxygens (including phenoxy) is 1. The maximum Gasteiger partial charge on any atom is 0.410 e. The van der Waals surface area contributed by atoms with E-state index in [2.05, 4.69) is 41.4 Å². The highest BCUT2D eigenvalue weighted by Crippen LogP contribution is 2.47. The number of aryl methyl sites for hydroxylation is 1. The average molecular weight is 481 g/mol. The fourth-order valence-corrected chi connectivity index (χ4v) is 6.76.